The van der Waals surface area contributed by atoms with Gasteiger partial charge in [-0.2, -0.15) is 0 Å². The Bertz CT molecular complexity index is 338. The summed E-state index contributed by atoms with van der Waals surface area (Å²) in [6, 6.07) is 0. The first kappa shape index (κ1) is 28.5. The van der Waals surface area contributed by atoms with E-state index in [1.54, 1.807) is 0 Å². The first-order valence-electron chi connectivity index (χ1n) is 13.6. The van der Waals surface area contributed by atoms with Crippen LogP contribution >= 0.6 is 0 Å². The normalized spacial score (nSPS) is 13.1. The van der Waals surface area contributed by atoms with E-state index in [0.29, 0.717) is 0 Å². The van der Waals surface area contributed by atoms with Crippen molar-refractivity contribution in [1.29, 1.82) is 0 Å². The summed E-state index contributed by atoms with van der Waals surface area (Å²) in [4.78, 5) is 0. The van der Waals surface area contributed by atoms with Crippen molar-refractivity contribution in [3.63, 3.8) is 0 Å². The number of hydrogen-bond acceptors (Lipinski definition) is 0. The van der Waals surface area contributed by atoms with E-state index in [1.807, 2.05) is 0 Å². The van der Waals surface area contributed by atoms with Crippen molar-refractivity contribution in [2.75, 3.05) is 0 Å². The molecule has 0 radical (unpaired) electrons. The topological polar surface area (TPSA) is 0 Å². The minimum atomic E-state index is 0.953. The highest BCUT2D eigenvalue weighted by Crippen LogP contribution is 2.19. The Hall–Kier alpha value is -0.520. The predicted molar refractivity (Wildman–Crippen MR) is 136 cm³/mol. The highest BCUT2D eigenvalue weighted by molar-refractivity contribution is 4.80. The molecule has 0 heteroatoms. The monoisotopic (exact) mass is 404 g/mol. The van der Waals surface area contributed by atoms with Crippen LogP contribution in [0.4, 0.5) is 0 Å². The third-order valence-corrected chi connectivity index (χ3v) is 6.19. The van der Waals surface area contributed by atoms with E-state index in [2.05, 4.69) is 45.1 Å². The molecular weight excluding hydrogens is 348 g/mol. The van der Waals surface area contributed by atoms with E-state index in [0.717, 1.165) is 5.92 Å². The van der Waals surface area contributed by atoms with Crippen LogP contribution in [0.5, 0.6) is 0 Å². The van der Waals surface area contributed by atoms with Gasteiger partial charge in [-0.1, -0.05) is 141 Å². The van der Waals surface area contributed by atoms with Gasteiger partial charge in [0.25, 0.3) is 0 Å². The van der Waals surface area contributed by atoms with Gasteiger partial charge in [-0.25, -0.2) is 0 Å². The van der Waals surface area contributed by atoms with Gasteiger partial charge in [-0.05, 0) is 44.4 Å². The molecule has 0 saturated carbocycles. The summed E-state index contributed by atoms with van der Waals surface area (Å²) in [7, 11) is 0. The molecule has 0 N–H and O–H groups in total. The molecule has 0 fully saturated rings. The fourth-order valence-electron chi connectivity index (χ4n) is 4.17. The first-order valence-corrected chi connectivity index (χ1v) is 13.6. The quantitative estimate of drug-likeness (QED) is 0.117. The molecule has 0 aromatic rings. The Labute approximate surface area is 186 Å². The zero-order valence-electron chi connectivity index (χ0n) is 20.7. The van der Waals surface area contributed by atoms with E-state index in [9.17, 15) is 0 Å². The minimum Gasteiger partial charge on any atom is -0.0888 e. The molecule has 0 aromatic heterocycles. The Morgan fingerprint density at radius 1 is 0.414 bits per heavy atom. The fraction of sp³-hybridized carbons (Fsp3) is 0.862. The van der Waals surface area contributed by atoms with E-state index >= 15 is 0 Å². The molecule has 1 unspecified atom stereocenters. The summed E-state index contributed by atoms with van der Waals surface area (Å²) in [6.45, 7) is 6.91. The average molecular weight is 405 g/mol. The average Bonchev–Trinajstić information content (AvgIpc) is 2.72. The number of rotatable bonds is 23. The van der Waals surface area contributed by atoms with Gasteiger partial charge in [0.05, 0.1) is 0 Å². The molecule has 0 amide bonds. The van der Waals surface area contributed by atoms with Crippen LogP contribution in [0, 0.1) is 5.92 Å². The van der Waals surface area contributed by atoms with Crippen molar-refractivity contribution >= 4 is 0 Å². The maximum absolute atomic E-state index is 2.48. The molecule has 172 valence electrons. The van der Waals surface area contributed by atoms with Gasteiger partial charge >= 0.3 is 0 Å². The van der Waals surface area contributed by atoms with Crippen molar-refractivity contribution in [2.45, 2.75) is 156 Å². The summed E-state index contributed by atoms with van der Waals surface area (Å²) in [5.41, 5.74) is 0. The van der Waals surface area contributed by atoms with Gasteiger partial charge in [0.1, 0.15) is 0 Å². The van der Waals surface area contributed by atoms with E-state index in [1.165, 1.54) is 135 Å². The molecule has 0 spiro atoms. The SMILES string of the molecule is CC/C=C/CCCCCCCCCCCCC(C)CCCCCCC/C=C/CC. The molecule has 0 rings (SSSR count). The smallest absolute Gasteiger partial charge is 0.0351 e. The summed E-state index contributed by atoms with van der Waals surface area (Å²) < 4.78 is 0. The van der Waals surface area contributed by atoms with Crippen molar-refractivity contribution in [1.82, 2.24) is 0 Å². The Balaban J connectivity index is 3.17. The van der Waals surface area contributed by atoms with Crippen molar-refractivity contribution < 1.29 is 0 Å². The second kappa shape index (κ2) is 25.5. The van der Waals surface area contributed by atoms with Crippen LogP contribution in [0.25, 0.3) is 0 Å². The molecule has 0 heterocycles. The molecule has 0 nitrogen and oxygen atoms in total. The van der Waals surface area contributed by atoms with Crippen LogP contribution in [-0.4, -0.2) is 0 Å². The molecule has 0 aliphatic heterocycles. The minimum absolute atomic E-state index is 0.953. The molecular formula is C29H56. The van der Waals surface area contributed by atoms with Crippen LogP contribution in [0.2, 0.25) is 0 Å². The van der Waals surface area contributed by atoms with Crippen molar-refractivity contribution in [2.24, 2.45) is 5.92 Å². The molecule has 0 aliphatic rings. The third-order valence-electron chi connectivity index (χ3n) is 6.19. The van der Waals surface area contributed by atoms with Crippen molar-refractivity contribution in [3.05, 3.63) is 24.3 Å². The first-order chi connectivity index (χ1) is 14.3. The van der Waals surface area contributed by atoms with Gasteiger partial charge < -0.3 is 0 Å². The van der Waals surface area contributed by atoms with Crippen LogP contribution in [-0.2, 0) is 0 Å². The molecule has 1 atom stereocenters. The number of allylic oxidation sites excluding steroid dienone is 4. The molecule has 29 heavy (non-hydrogen) atoms. The standard InChI is InChI=1S/C29H56/c1-4-6-8-10-12-14-15-16-17-18-20-22-24-26-28-29(3)27-25-23-21-19-13-11-9-7-5-2/h6-9,29H,4-5,10-28H2,1-3H3/b8-6+,9-7+. The van der Waals surface area contributed by atoms with Gasteiger partial charge in [-0.3, -0.25) is 0 Å². The Kier molecular flexibility index (Phi) is 25.1. The highest BCUT2D eigenvalue weighted by atomic mass is 14.1. The zero-order chi connectivity index (χ0) is 21.3. The summed E-state index contributed by atoms with van der Waals surface area (Å²) in [6.07, 6.45) is 39.0. The second-order valence-corrected chi connectivity index (χ2v) is 9.32. The maximum Gasteiger partial charge on any atom is -0.0351 e. The third kappa shape index (κ3) is 25.4. The molecule has 0 bridgehead atoms. The predicted octanol–water partition coefficient (Wildman–Crippen LogP) is 11.0. The summed E-state index contributed by atoms with van der Waals surface area (Å²) >= 11 is 0. The van der Waals surface area contributed by atoms with Crippen LogP contribution in [0.15, 0.2) is 24.3 Å². The summed E-state index contributed by atoms with van der Waals surface area (Å²) in [5.74, 6) is 0.953. The zero-order valence-corrected chi connectivity index (χ0v) is 20.7. The molecule has 0 aliphatic carbocycles. The van der Waals surface area contributed by atoms with Crippen LogP contribution in [0.1, 0.15) is 156 Å². The Morgan fingerprint density at radius 3 is 1.07 bits per heavy atom. The van der Waals surface area contributed by atoms with E-state index < -0.39 is 0 Å². The summed E-state index contributed by atoms with van der Waals surface area (Å²) in [5, 5.41) is 0. The molecule has 0 saturated heterocycles. The van der Waals surface area contributed by atoms with Crippen molar-refractivity contribution in [3.8, 4) is 0 Å². The lowest BCUT2D eigenvalue weighted by molar-refractivity contribution is 0.431. The van der Waals surface area contributed by atoms with Crippen LogP contribution < -0.4 is 0 Å². The number of hydrogen-bond donors (Lipinski definition) is 0. The lowest BCUT2D eigenvalue weighted by atomic mass is 9.96. The second-order valence-electron chi connectivity index (χ2n) is 9.32. The van der Waals surface area contributed by atoms with Gasteiger partial charge in [0.2, 0.25) is 0 Å². The van der Waals surface area contributed by atoms with E-state index in [4.69, 9.17) is 0 Å². The Morgan fingerprint density at radius 2 is 0.724 bits per heavy atom. The van der Waals surface area contributed by atoms with Gasteiger partial charge in [0, 0.05) is 0 Å². The lowest BCUT2D eigenvalue weighted by Crippen LogP contribution is -1.95. The fourth-order valence-corrected chi connectivity index (χ4v) is 4.17. The highest BCUT2D eigenvalue weighted by Gasteiger charge is 2.02. The van der Waals surface area contributed by atoms with E-state index in [-0.39, 0.29) is 0 Å². The number of unbranched alkanes of at least 4 members (excludes halogenated alkanes) is 15. The lowest BCUT2D eigenvalue weighted by Gasteiger charge is -2.11. The van der Waals surface area contributed by atoms with Gasteiger partial charge in [-0.15, -0.1) is 0 Å². The van der Waals surface area contributed by atoms with Gasteiger partial charge in [0.15, 0.2) is 0 Å². The van der Waals surface area contributed by atoms with Crippen LogP contribution in [0.3, 0.4) is 0 Å². The maximum atomic E-state index is 2.48. The largest absolute Gasteiger partial charge is 0.0888 e. The molecule has 0 aromatic carbocycles.